The maximum absolute atomic E-state index is 13.3. The Bertz CT molecular complexity index is 1200. The van der Waals surface area contributed by atoms with E-state index in [-0.39, 0.29) is 36.0 Å². The van der Waals surface area contributed by atoms with Gasteiger partial charge >= 0.3 is 5.97 Å². The maximum atomic E-state index is 13.3. The van der Waals surface area contributed by atoms with Gasteiger partial charge in [0.15, 0.2) is 5.13 Å². The normalized spacial score (nSPS) is 12.9. The molecular formula is C22H23N3O6S. The second-order valence-corrected chi connectivity index (χ2v) is 8.26. The van der Waals surface area contributed by atoms with Gasteiger partial charge < -0.3 is 18.8 Å². The van der Waals surface area contributed by atoms with E-state index in [0.717, 1.165) is 29.9 Å². The zero-order valence-corrected chi connectivity index (χ0v) is 18.4. The Hall–Kier alpha value is -3.40. The van der Waals surface area contributed by atoms with Crippen LogP contribution in [0.1, 0.15) is 52.8 Å². The van der Waals surface area contributed by atoms with Gasteiger partial charge in [-0.15, -0.1) is 11.3 Å². The lowest BCUT2D eigenvalue weighted by Crippen LogP contribution is -2.34. The van der Waals surface area contributed by atoms with Crippen molar-refractivity contribution in [1.82, 2.24) is 9.55 Å². The van der Waals surface area contributed by atoms with Crippen LogP contribution in [0.15, 0.2) is 33.0 Å². The monoisotopic (exact) mass is 457 g/mol. The van der Waals surface area contributed by atoms with Crippen molar-refractivity contribution in [3.8, 4) is 5.75 Å². The van der Waals surface area contributed by atoms with Crippen LogP contribution in [0, 0.1) is 0 Å². The fourth-order valence-corrected chi connectivity index (χ4v) is 4.55. The molecule has 0 aromatic carbocycles. The van der Waals surface area contributed by atoms with Crippen molar-refractivity contribution in [2.24, 2.45) is 0 Å². The summed E-state index contributed by atoms with van der Waals surface area (Å²) in [4.78, 5) is 42.1. The van der Waals surface area contributed by atoms with Crippen LogP contribution in [0.4, 0.5) is 5.13 Å². The lowest BCUT2D eigenvalue weighted by atomic mass is 9.93. The van der Waals surface area contributed by atoms with Gasteiger partial charge in [0.25, 0.3) is 11.5 Å². The average Bonchev–Trinajstić information content (AvgIpc) is 3.43. The summed E-state index contributed by atoms with van der Waals surface area (Å²) in [5.74, 6) is -0.850. The average molecular weight is 458 g/mol. The standard InChI is InChI=1S/C22H23N3O6S/c1-2-30-17(26)10-13-12-32-22(23-13)24-20(28)18-19(27)15-7-3-4-8-16(15)25(21(18)29)11-14-6-5-9-31-14/h5-6,9,12,27H,2-4,7-8,10-11H2,1H3,(H,23,24,28). The van der Waals surface area contributed by atoms with Crippen molar-refractivity contribution in [2.45, 2.75) is 45.6 Å². The molecule has 0 radical (unpaired) electrons. The van der Waals surface area contributed by atoms with Crippen LogP contribution in [0.3, 0.4) is 0 Å². The number of carbonyl (C=O) groups is 2. The van der Waals surface area contributed by atoms with Gasteiger partial charge in [-0.1, -0.05) is 0 Å². The number of ether oxygens (including phenoxy) is 1. The van der Waals surface area contributed by atoms with Gasteiger partial charge in [-0.3, -0.25) is 19.7 Å². The minimum Gasteiger partial charge on any atom is -0.507 e. The van der Waals surface area contributed by atoms with Crippen LogP contribution in [-0.2, 0) is 35.3 Å². The molecule has 0 saturated carbocycles. The quantitative estimate of drug-likeness (QED) is 0.523. The number of amides is 1. The van der Waals surface area contributed by atoms with E-state index in [1.807, 2.05) is 0 Å². The molecule has 2 N–H and O–H groups in total. The van der Waals surface area contributed by atoms with Crippen LogP contribution in [-0.4, -0.2) is 33.1 Å². The minimum atomic E-state index is -0.744. The number of nitrogens with one attached hydrogen (secondary N) is 1. The fraction of sp³-hybridized carbons (Fsp3) is 0.364. The van der Waals surface area contributed by atoms with Gasteiger partial charge in [-0.25, -0.2) is 4.98 Å². The molecule has 0 bridgehead atoms. The second-order valence-electron chi connectivity index (χ2n) is 7.41. The molecule has 10 heteroatoms. The maximum Gasteiger partial charge on any atom is 0.311 e. The molecule has 0 spiro atoms. The highest BCUT2D eigenvalue weighted by molar-refractivity contribution is 7.14. The van der Waals surface area contributed by atoms with E-state index >= 15 is 0 Å². The van der Waals surface area contributed by atoms with Crippen molar-refractivity contribution in [1.29, 1.82) is 0 Å². The van der Waals surface area contributed by atoms with E-state index in [1.165, 1.54) is 10.8 Å². The first-order valence-electron chi connectivity index (χ1n) is 10.4. The number of anilines is 1. The predicted octanol–water partition coefficient (Wildman–Crippen LogP) is 2.89. The molecule has 9 nitrogen and oxygen atoms in total. The molecule has 0 saturated heterocycles. The zero-order valence-electron chi connectivity index (χ0n) is 17.6. The largest absolute Gasteiger partial charge is 0.507 e. The van der Waals surface area contributed by atoms with Crippen molar-refractivity contribution in [3.05, 3.63) is 62.4 Å². The Labute approximate surface area is 187 Å². The number of carbonyl (C=O) groups excluding carboxylic acids is 2. The Balaban J connectivity index is 1.64. The highest BCUT2D eigenvalue weighted by atomic mass is 32.1. The van der Waals surface area contributed by atoms with Crippen molar-refractivity contribution in [2.75, 3.05) is 11.9 Å². The molecule has 1 aliphatic carbocycles. The molecule has 3 heterocycles. The van der Waals surface area contributed by atoms with Gasteiger partial charge in [-0.2, -0.15) is 0 Å². The highest BCUT2D eigenvalue weighted by Crippen LogP contribution is 2.31. The molecule has 0 aliphatic heterocycles. The third-order valence-electron chi connectivity index (χ3n) is 5.27. The highest BCUT2D eigenvalue weighted by Gasteiger charge is 2.28. The smallest absolute Gasteiger partial charge is 0.311 e. The first-order valence-corrected chi connectivity index (χ1v) is 11.3. The van der Waals surface area contributed by atoms with Gasteiger partial charge in [-0.05, 0) is 44.7 Å². The number of furan rings is 1. The summed E-state index contributed by atoms with van der Waals surface area (Å²) in [6.45, 7) is 2.17. The summed E-state index contributed by atoms with van der Waals surface area (Å²) in [7, 11) is 0. The van der Waals surface area contributed by atoms with E-state index < -0.39 is 17.4 Å². The number of hydrogen-bond acceptors (Lipinski definition) is 8. The van der Waals surface area contributed by atoms with Crippen LogP contribution in [0.25, 0.3) is 0 Å². The lowest BCUT2D eigenvalue weighted by molar-refractivity contribution is -0.142. The van der Waals surface area contributed by atoms with Crippen molar-refractivity contribution >= 4 is 28.3 Å². The summed E-state index contributed by atoms with van der Waals surface area (Å²) in [5, 5.41) is 15.3. The molecule has 1 amide bonds. The SMILES string of the molecule is CCOC(=O)Cc1csc(NC(=O)c2c(O)c3c(n(Cc4ccco4)c2=O)CCCC3)n1. The van der Waals surface area contributed by atoms with Gasteiger partial charge in [0.1, 0.15) is 17.1 Å². The summed E-state index contributed by atoms with van der Waals surface area (Å²) < 4.78 is 11.8. The molecule has 32 heavy (non-hydrogen) atoms. The van der Waals surface area contributed by atoms with E-state index in [4.69, 9.17) is 9.15 Å². The Morgan fingerprint density at radius 2 is 2.16 bits per heavy atom. The van der Waals surface area contributed by atoms with Crippen LogP contribution >= 0.6 is 11.3 Å². The summed E-state index contributed by atoms with van der Waals surface area (Å²) in [6.07, 6.45) is 4.50. The first kappa shape index (κ1) is 21.8. The number of aromatic hydroxyl groups is 1. The number of hydrogen-bond donors (Lipinski definition) is 2. The Kier molecular flexibility index (Phi) is 6.40. The third kappa shape index (κ3) is 4.45. The topological polar surface area (TPSA) is 124 Å². The van der Waals surface area contributed by atoms with Gasteiger partial charge in [0.05, 0.1) is 31.5 Å². The number of rotatable bonds is 7. The molecule has 1 aliphatic rings. The number of thiazole rings is 1. The number of aromatic nitrogens is 2. The molecule has 3 aromatic heterocycles. The van der Waals surface area contributed by atoms with Crippen LogP contribution in [0.2, 0.25) is 0 Å². The molecule has 4 rings (SSSR count). The summed E-state index contributed by atoms with van der Waals surface area (Å²) in [5.41, 5.74) is 0.903. The lowest BCUT2D eigenvalue weighted by Gasteiger charge is -2.23. The van der Waals surface area contributed by atoms with Gasteiger partial charge in [0.2, 0.25) is 0 Å². The molecule has 0 unspecified atom stereocenters. The molecule has 168 valence electrons. The Morgan fingerprint density at radius 3 is 2.91 bits per heavy atom. The van der Waals surface area contributed by atoms with Crippen molar-refractivity contribution < 1.29 is 23.8 Å². The Morgan fingerprint density at radius 1 is 1.34 bits per heavy atom. The van der Waals surface area contributed by atoms with Crippen LogP contribution < -0.4 is 10.9 Å². The number of pyridine rings is 1. The van der Waals surface area contributed by atoms with E-state index in [9.17, 15) is 19.5 Å². The third-order valence-corrected chi connectivity index (χ3v) is 6.08. The van der Waals surface area contributed by atoms with Crippen LogP contribution in [0.5, 0.6) is 5.75 Å². The van der Waals surface area contributed by atoms with Crippen molar-refractivity contribution in [3.63, 3.8) is 0 Å². The molecule has 3 aromatic rings. The fourth-order valence-electron chi connectivity index (χ4n) is 3.85. The molecule has 0 fully saturated rings. The molecular weight excluding hydrogens is 434 g/mol. The van der Waals surface area contributed by atoms with E-state index in [0.29, 0.717) is 29.9 Å². The predicted molar refractivity (Wildman–Crippen MR) is 117 cm³/mol. The minimum absolute atomic E-state index is 0.0136. The number of fused-ring (bicyclic) bond motifs is 1. The number of nitrogens with zero attached hydrogens (tertiary/aromatic N) is 2. The van der Waals surface area contributed by atoms with E-state index in [2.05, 4.69) is 10.3 Å². The first-order chi connectivity index (χ1) is 15.5. The summed E-state index contributed by atoms with van der Waals surface area (Å²) >= 11 is 1.12. The second kappa shape index (κ2) is 9.39. The summed E-state index contributed by atoms with van der Waals surface area (Å²) in [6, 6.07) is 3.49. The molecule has 0 atom stereocenters. The number of esters is 1. The van der Waals surface area contributed by atoms with E-state index in [1.54, 1.807) is 24.4 Å². The van der Waals surface area contributed by atoms with Gasteiger partial charge in [0, 0.05) is 16.6 Å². The zero-order chi connectivity index (χ0) is 22.7.